The van der Waals surface area contributed by atoms with E-state index in [1.54, 1.807) is 19.1 Å². The molecule has 2 heterocycles. The number of carbonyl (C=O) groups excluding carboxylic acids is 1. The number of esters is 1. The van der Waals surface area contributed by atoms with Gasteiger partial charge in [0.05, 0.1) is 28.4 Å². The van der Waals surface area contributed by atoms with Crippen molar-refractivity contribution in [3.05, 3.63) is 86.8 Å². The highest BCUT2D eigenvalue weighted by Crippen LogP contribution is 2.42. The third kappa shape index (κ3) is 4.55. The van der Waals surface area contributed by atoms with Gasteiger partial charge in [-0.1, -0.05) is 30.0 Å². The summed E-state index contributed by atoms with van der Waals surface area (Å²) in [5, 5.41) is 2.77. The second-order valence-electron chi connectivity index (χ2n) is 6.93. The molecule has 0 saturated carbocycles. The molecule has 2 aromatic carbocycles. The lowest BCUT2D eigenvalue weighted by Crippen LogP contribution is -2.34. The Balaban J connectivity index is 1.62. The van der Waals surface area contributed by atoms with Gasteiger partial charge in [0.25, 0.3) is 0 Å². The number of amidine groups is 1. The van der Waals surface area contributed by atoms with Crippen LogP contribution in [0.25, 0.3) is 0 Å². The number of thioether (sulfide) groups is 1. The molecule has 5 nitrogen and oxygen atoms in total. The van der Waals surface area contributed by atoms with E-state index in [1.165, 1.54) is 23.9 Å². The van der Waals surface area contributed by atoms with Crippen LogP contribution in [0.15, 0.2) is 74.8 Å². The molecule has 1 atom stereocenters. The predicted molar refractivity (Wildman–Crippen MR) is 123 cm³/mol. The molecule has 0 fully saturated rings. The number of halogens is 2. The lowest BCUT2D eigenvalue weighted by Gasteiger charge is -2.33. The molecule has 31 heavy (non-hydrogen) atoms. The first-order valence-corrected chi connectivity index (χ1v) is 11.4. The highest BCUT2D eigenvalue weighted by molar-refractivity contribution is 9.10. The monoisotopic (exact) mass is 502 g/mol. The second kappa shape index (κ2) is 9.28. The summed E-state index contributed by atoms with van der Waals surface area (Å²) in [6, 6.07) is 11.6. The molecular formula is C23H20BrFN2O3S. The highest BCUT2D eigenvalue weighted by Gasteiger charge is 2.37. The van der Waals surface area contributed by atoms with Gasteiger partial charge in [0.1, 0.15) is 18.2 Å². The van der Waals surface area contributed by atoms with Crippen LogP contribution in [0.5, 0.6) is 5.75 Å². The van der Waals surface area contributed by atoms with Gasteiger partial charge in [0.2, 0.25) is 0 Å². The van der Waals surface area contributed by atoms with Gasteiger partial charge < -0.3 is 14.4 Å². The maximum Gasteiger partial charge on any atom is 0.338 e. The van der Waals surface area contributed by atoms with Crippen molar-refractivity contribution in [1.29, 1.82) is 0 Å². The fourth-order valence-corrected chi connectivity index (χ4v) is 4.75. The number of carbonyl (C=O) groups is 1. The molecular weight excluding hydrogens is 483 g/mol. The van der Waals surface area contributed by atoms with E-state index in [4.69, 9.17) is 9.47 Å². The quantitative estimate of drug-likeness (QED) is 0.457. The smallest absolute Gasteiger partial charge is 0.338 e. The molecule has 2 aromatic rings. The van der Waals surface area contributed by atoms with Gasteiger partial charge in [-0.25, -0.2) is 14.2 Å². The van der Waals surface area contributed by atoms with Crippen molar-refractivity contribution < 1.29 is 18.7 Å². The Kier molecular flexibility index (Phi) is 6.48. The Morgan fingerprint density at radius 3 is 2.74 bits per heavy atom. The fourth-order valence-electron chi connectivity index (χ4n) is 3.44. The second-order valence-corrected chi connectivity index (χ2v) is 8.66. The van der Waals surface area contributed by atoms with Gasteiger partial charge in [-0.05, 0) is 70.6 Å². The van der Waals surface area contributed by atoms with Crippen molar-refractivity contribution in [2.75, 3.05) is 6.61 Å². The van der Waals surface area contributed by atoms with Crippen molar-refractivity contribution in [2.24, 2.45) is 4.99 Å². The average molecular weight is 503 g/mol. The van der Waals surface area contributed by atoms with E-state index in [-0.39, 0.29) is 17.8 Å². The van der Waals surface area contributed by atoms with E-state index in [0.29, 0.717) is 30.2 Å². The molecule has 4 rings (SSSR count). The molecule has 2 aliphatic rings. The van der Waals surface area contributed by atoms with Gasteiger partial charge in [-0.2, -0.15) is 0 Å². The molecule has 0 radical (unpaired) electrons. The largest absolute Gasteiger partial charge is 0.488 e. The number of aliphatic imine (C=N–C) groups is 1. The number of benzene rings is 2. The first-order chi connectivity index (χ1) is 15.0. The minimum atomic E-state index is -0.370. The lowest BCUT2D eigenvalue weighted by molar-refractivity contribution is -0.139. The van der Waals surface area contributed by atoms with Crippen molar-refractivity contribution in [1.82, 2.24) is 4.90 Å². The third-order valence-corrected chi connectivity index (χ3v) is 6.29. The highest BCUT2D eigenvalue weighted by atomic mass is 79.9. The summed E-state index contributed by atoms with van der Waals surface area (Å²) in [6.45, 7) is 4.23. The number of ether oxygens (including phenoxy) is 2. The average Bonchev–Trinajstić information content (AvgIpc) is 3.21. The Morgan fingerprint density at radius 2 is 2.03 bits per heavy atom. The molecule has 8 heteroatoms. The SMILES string of the molecule is CCOC(=O)C1=C(C)N=C2SC=CN2[C@@H]1c1ccc(OCc2ccc(F)cc2)c(Br)c1. The zero-order chi connectivity index (χ0) is 22.0. The Hall–Kier alpha value is -2.58. The maximum atomic E-state index is 13.1. The van der Waals surface area contributed by atoms with Crippen molar-refractivity contribution >= 4 is 38.8 Å². The molecule has 0 amide bonds. The minimum absolute atomic E-state index is 0.278. The van der Waals surface area contributed by atoms with Gasteiger partial charge in [0, 0.05) is 6.20 Å². The Morgan fingerprint density at radius 1 is 1.26 bits per heavy atom. The number of hydrogen-bond acceptors (Lipinski definition) is 6. The molecule has 0 aliphatic carbocycles. The summed E-state index contributed by atoms with van der Waals surface area (Å²) >= 11 is 5.10. The standard InChI is InChI=1S/C23H20BrFN2O3S/c1-3-29-22(28)20-14(2)26-23-27(10-11-31-23)21(20)16-6-9-19(18(24)12-16)30-13-15-4-7-17(25)8-5-15/h4-12,21H,3,13H2,1-2H3/t21-/m1/s1. The number of rotatable bonds is 6. The summed E-state index contributed by atoms with van der Waals surface area (Å²) < 4.78 is 25.1. The maximum absolute atomic E-state index is 13.1. The summed E-state index contributed by atoms with van der Waals surface area (Å²) in [4.78, 5) is 19.3. The van der Waals surface area contributed by atoms with Crippen LogP contribution in [-0.2, 0) is 16.1 Å². The van der Waals surface area contributed by atoms with Crippen LogP contribution in [0.4, 0.5) is 4.39 Å². The normalized spacial score (nSPS) is 17.5. The van der Waals surface area contributed by atoms with Crippen molar-refractivity contribution in [3.8, 4) is 5.75 Å². The molecule has 0 N–H and O–H groups in total. The van der Waals surface area contributed by atoms with Gasteiger partial charge >= 0.3 is 5.97 Å². The number of fused-ring (bicyclic) bond motifs is 1. The van der Waals surface area contributed by atoms with E-state index in [9.17, 15) is 9.18 Å². The fraction of sp³-hybridized carbons (Fsp3) is 0.217. The summed E-state index contributed by atoms with van der Waals surface area (Å²) in [7, 11) is 0. The van der Waals surface area contributed by atoms with Gasteiger partial charge in [0.15, 0.2) is 5.17 Å². The Bertz CT molecular complexity index is 1100. The van der Waals surface area contributed by atoms with Gasteiger partial charge in [-0.15, -0.1) is 0 Å². The van der Waals surface area contributed by atoms with Crippen LogP contribution in [-0.4, -0.2) is 22.6 Å². The van der Waals surface area contributed by atoms with Crippen LogP contribution in [0.1, 0.15) is 31.0 Å². The Labute approximate surface area is 192 Å². The van der Waals surface area contributed by atoms with E-state index in [0.717, 1.165) is 20.8 Å². The molecule has 0 unspecified atom stereocenters. The molecule has 2 aliphatic heterocycles. The summed E-state index contributed by atoms with van der Waals surface area (Å²) in [5.41, 5.74) is 2.94. The molecule has 0 bridgehead atoms. The molecule has 0 spiro atoms. The first kappa shape index (κ1) is 21.6. The van der Waals surface area contributed by atoms with Crippen LogP contribution in [0.2, 0.25) is 0 Å². The van der Waals surface area contributed by atoms with E-state index >= 15 is 0 Å². The minimum Gasteiger partial charge on any atom is -0.488 e. The lowest BCUT2D eigenvalue weighted by atomic mass is 9.95. The topological polar surface area (TPSA) is 51.1 Å². The van der Waals surface area contributed by atoms with Crippen molar-refractivity contribution in [3.63, 3.8) is 0 Å². The number of nitrogens with zero attached hydrogens (tertiary/aromatic N) is 2. The van der Waals surface area contributed by atoms with Crippen LogP contribution in [0.3, 0.4) is 0 Å². The zero-order valence-electron chi connectivity index (χ0n) is 17.0. The predicted octanol–water partition coefficient (Wildman–Crippen LogP) is 5.94. The first-order valence-electron chi connectivity index (χ1n) is 9.73. The van der Waals surface area contributed by atoms with Crippen molar-refractivity contribution in [2.45, 2.75) is 26.5 Å². The van der Waals surface area contributed by atoms with Gasteiger partial charge in [-0.3, -0.25) is 0 Å². The zero-order valence-corrected chi connectivity index (χ0v) is 19.4. The summed E-state index contributed by atoms with van der Waals surface area (Å²) in [5.74, 6) is 0.00732. The van der Waals surface area contributed by atoms with E-state index in [1.807, 2.05) is 41.6 Å². The van der Waals surface area contributed by atoms with Crippen LogP contribution < -0.4 is 4.74 Å². The van der Waals surface area contributed by atoms with Crippen LogP contribution in [0, 0.1) is 5.82 Å². The molecule has 160 valence electrons. The van der Waals surface area contributed by atoms with E-state index < -0.39 is 0 Å². The summed E-state index contributed by atoms with van der Waals surface area (Å²) in [6.07, 6.45) is 1.92. The molecule has 0 saturated heterocycles. The third-order valence-electron chi connectivity index (χ3n) is 4.90. The van der Waals surface area contributed by atoms with E-state index in [2.05, 4.69) is 20.9 Å². The number of hydrogen-bond donors (Lipinski definition) is 0. The number of allylic oxidation sites excluding steroid dienone is 1. The molecule has 0 aromatic heterocycles. The van der Waals surface area contributed by atoms with Crippen LogP contribution >= 0.6 is 27.7 Å².